The Balaban J connectivity index is 2.66. The van der Waals surface area contributed by atoms with Crippen molar-refractivity contribution in [1.82, 2.24) is 4.84 Å². The molecule has 3 nitrogen and oxygen atoms in total. The summed E-state index contributed by atoms with van der Waals surface area (Å²) in [6.45, 7) is 0. The Morgan fingerprint density at radius 2 is 2.13 bits per heavy atom. The first-order valence-electron chi connectivity index (χ1n) is 4.35. The number of esters is 1. The average Bonchev–Trinajstić information content (AvgIpc) is 2.27. The summed E-state index contributed by atoms with van der Waals surface area (Å²) in [6, 6.07) is 7.39. The SMILES string of the molecule is COC(=O)[C@H](Cc1ccc(I)cc1)NCl. The van der Waals surface area contributed by atoms with Crippen LogP contribution in [-0.2, 0) is 16.0 Å². The Kier molecular flexibility index (Phi) is 5.35. The molecule has 0 unspecified atom stereocenters. The van der Waals surface area contributed by atoms with E-state index < -0.39 is 6.04 Å². The molecule has 0 aliphatic carbocycles. The van der Waals surface area contributed by atoms with Crippen molar-refractivity contribution < 1.29 is 9.53 Å². The lowest BCUT2D eigenvalue weighted by molar-refractivity contribution is -0.142. The summed E-state index contributed by atoms with van der Waals surface area (Å²) in [5.41, 5.74) is 1.04. The van der Waals surface area contributed by atoms with Gasteiger partial charge in [-0.2, -0.15) is 0 Å². The molecule has 1 N–H and O–H groups in total. The zero-order valence-electron chi connectivity index (χ0n) is 8.17. The maximum atomic E-state index is 11.2. The number of hydrogen-bond donors (Lipinski definition) is 1. The van der Waals surface area contributed by atoms with Crippen LogP contribution in [0.1, 0.15) is 5.56 Å². The number of hydrogen-bond acceptors (Lipinski definition) is 3. The van der Waals surface area contributed by atoms with Gasteiger partial charge in [0, 0.05) is 3.57 Å². The molecule has 0 spiro atoms. The third kappa shape index (κ3) is 3.96. The van der Waals surface area contributed by atoms with Gasteiger partial charge in [0.1, 0.15) is 6.04 Å². The van der Waals surface area contributed by atoms with Gasteiger partial charge in [-0.15, -0.1) is 0 Å². The highest BCUT2D eigenvalue weighted by atomic mass is 127. The molecule has 0 radical (unpaired) electrons. The molecule has 0 saturated heterocycles. The van der Waals surface area contributed by atoms with Crippen LogP contribution in [0.5, 0.6) is 0 Å². The molecule has 0 aliphatic heterocycles. The zero-order valence-corrected chi connectivity index (χ0v) is 11.1. The smallest absolute Gasteiger partial charge is 0.324 e. The van der Waals surface area contributed by atoms with E-state index in [9.17, 15) is 4.79 Å². The molecule has 1 rings (SSSR count). The fourth-order valence-corrected chi connectivity index (χ4v) is 1.69. The third-order valence-corrected chi connectivity index (χ3v) is 2.95. The van der Waals surface area contributed by atoms with Gasteiger partial charge < -0.3 is 4.74 Å². The normalized spacial score (nSPS) is 12.2. The Labute approximate surface area is 107 Å². The van der Waals surface area contributed by atoms with E-state index in [2.05, 4.69) is 32.2 Å². The first-order chi connectivity index (χ1) is 7.17. The predicted molar refractivity (Wildman–Crippen MR) is 67.7 cm³/mol. The highest BCUT2D eigenvalue weighted by Crippen LogP contribution is 2.09. The number of halogens is 2. The van der Waals surface area contributed by atoms with Crippen LogP contribution in [0.25, 0.3) is 0 Å². The lowest BCUT2D eigenvalue weighted by Gasteiger charge is -2.11. The number of carbonyl (C=O) groups excluding carboxylic acids is 1. The maximum Gasteiger partial charge on any atom is 0.324 e. The third-order valence-electron chi connectivity index (χ3n) is 1.97. The lowest BCUT2D eigenvalue weighted by Crippen LogP contribution is -2.33. The van der Waals surface area contributed by atoms with Crippen molar-refractivity contribution in [3.05, 3.63) is 33.4 Å². The van der Waals surface area contributed by atoms with E-state index in [1.165, 1.54) is 7.11 Å². The fraction of sp³-hybridized carbons (Fsp3) is 0.300. The average molecular weight is 340 g/mol. The quantitative estimate of drug-likeness (QED) is 0.519. The molecular formula is C10H11ClINO2. The van der Waals surface area contributed by atoms with Crippen LogP contribution in [0.15, 0.2) is 24.3 Å². The minimum absolute atomic E-state index is 0.358. The van der Waals surface area contributed by atoms with Gasteiger partial charge >= 0.3 is 5.97 Å². The van der Waals surface area contributed by atoms with E-state index in [4.69, 9.17) is 11.8 Å². The Morgan fingerprint density at radius 3 is 2.60 bits per heavy atom. The van der Waals surface area contributed by atoms with Gasteiger partial charge in [-0.1, -0.05) is 12.1 Å². The minimum Gasteiger partial charge on any atom is -0.468 e. The topological polar surface area (TPSA) is 38.3 Å². The number of nitrogens with one attached hydrogen (secondary N) is 1. The molecular weight excluding hydrogens is 328 g/mol. The molecule has 0 fully saturated rings. The second-order valence-electron chi connectivity index (χ2n) is 3.02. The van der Waals surface area contributed by atoms with E-state index in [-0.39, 0.29) is 5.97 Å². The van der Waals surface area contributed by atoms with Crippen molar-refractivity contribution in [2.45, 2.75) is 12.5 Å². The van der Waals surface area contributed by atoms with Crippen molar-refractivity contribution in [3.8, 4) is 0 Å². The van der Waals surface area contributed by atoms with Gasteiger partial charge in [-0.3, -0.25) is 4.79 Å². The first-order valence-corrected chi connectivity index (χ1v) is 5.81. The van der Waals surface area contributed by atoms with Crippen molar-refractivity contribution in [2.75, 3.05) is 7.11 Å². The number of carbonyl (C=O) groups is 1. The van der Waals surface area contributed by atoms with E-state index in [1.54, 1.807) is 0 Å². The molecule has 0 aliphatic rings. The Bertz CT molecular complexity index is 329. The summed E-state index contributed by atoms with van der Waals surface area (Å²) >= 11 is 7.70. The van der Waals surface area contributed by atoms with Crippen LogP contribution in [0.3, 0.4) is 0 Å². The molecule has 0 aromatic heterocycles. The van der Waals surface area contributed by atoms with Gasteiger partial charge in [-0.25, -0.2) is 4.84 Å². The summed E-state index contributed by atoms with van der Waals surface area (Å²) in [5.74, 6) is -0.358. The summed E-state index contributed by atoms with van der Waals surface area (Å²) in [5, 5.41) is 0. The van der Waals surface area contributed by atoms with E-state index in [0.29, 0.717) is 6.42 Å². The molecule has 1 atom stereocenters. The van der Waals surface area contributed by atoms with Crippen molar-refractivity contribution in [2.24, 2.45) is 0 Å². The summed E-state index contributed by atoms with van der Waals surface area (Å²) in [6.07, 6.45) is 0.521. The molecule has 1 aromatic rings. The van der Waals surface area contributed by atoms with Crippen molar-refractivity contribution in [1.29, 1.82) is 0 Å². The Morgan fingerprint density at radius 1 is 1.53 bits per heavy atom. The van der Waals surface area contributed by atoms with Crippen LogP contribution in [0, 0.1) is 3.57 Å². The second kappa shape index (κ2) is 6.30. The molecule has 0 heterocycles. The number of benzene rings is 1. The number of rotatable bonds is 4. The maximum absolute atomic E-state index is 11.2. The predicted octanol–water partition coefficient (Wildman–Crippen LogP) is 2.12. The van der Waals surface area contributed by atoms with Crippen LogP contribution in [-0.4, -0.2) is 19.1 Å². The van der Waals surface area contributed by atoms with Crippen molar-refractivity contribution >= 4 is 40.3 Å². The summed E-state index contributed by atoms with van der Waals surface area (Å²) in [4.78, 5) is 13.7. The standard InChI is InChI=1S/C10H11ClINO2/c1-15-10(14)9(13-11)6-7-2-4-8(12)5-3-7/h2-5,9,13H,6H2,1H3/t9-/m0/s1. The molecule has 0 saturated carbocycles. The first kappa shape index (κ1) is 12.7. The molecule has 0 amide bonds. The van der Waals surface area contributed by atoms with Gasteiger partial charge in [0.2, 0.25) is 0 Å². The second-order valence-corrected chi connectivity index (χ2v) is 4.48. The van der Waals surface area contributed by atoms with Crippen LogP contribution in [0.2, 0.25) is 0 Å². The van der Waals surface area contributed by atoms with Gasteiger partial charge in [0.05, 0.1) is 7.11 Å². The highest BCUT2D eigenvalue weighted by molar-refractivity contribution is 14.1. The van der Waals surface area contributed by atoms with E-state index in [0.717, 1.165) is 9.13 Å². The Hall–Kier alpha value is -0.330. The molecule has 5 heteroatoms. The zero-order chi connectivity index (χ0) is 11.3. The molecule has 1 aromatic carbocycles. The molecule has 15 heavy (non-hydrogen) atoms. The molecule has 82 valence electrons. The van der Waals surface area contributed by atoms with Crippen LogP contribution in [0.4, 0.5) is 0 Å². The summed E-state index contributed by atoms with van der Waals surface area (Å²) in [7, 11) is 1.34. The minimum atomic E-state index is -0.503. The van der Waals surface area contributed by atoms with Gasteiger partial charge in [0.25, 0.3) is 0 Å². The number of ether oxygens (including phenoxy) is 1. The highest BCUT2D eigenvalue weighted by Gasteiger charge is 2.17. The van der Waals surface area contributed by atoms with Crippen molar-refractivity contribution in [3.63, 3.8) is 0 Å². The van der Waals surface area contributed by atoms with Crippen LogP contribution >= 0.6 is 34.4 Å². The largest absolute Gasteiger partial charge is 0.468 e. The fourth-order valence-electron chi connectivity index (χ4n) is 1.16. The van der Waals surface area contributed by atoms with Gasteiger partial charge in [-0.05, 0) is 58.5 Å². The monoisotopic (exact) mass is 339 g/mol. The lowest BCUT2D eigenvalue weighted by atomic mass is 10.1. The van der Waals surface area contributed by atoms with Crippen LogP contribution < -0.4 is 4.84 Å². The number of methoxy groups -OCH3 is 1. The van der Waals surface area contributed by atoms with Gasteiger partial charge in [0.15, 0.2) is 0 Å². The summed E-state index contributed by atoms with van der Waals surface area (Å²) < 4.78 is 5.77. The van der Waals surface area contributed by atoms with E-state index in [1.807, 2.05) is 24.3 Å². The molecule has 0 bridgehead atoms. The van der Waals surface area contributed by atoms with E-state index >= 15 is 0 Å².